The van der Waals surface area contributed by atoms with Crippen molar-refractivity contribution in [3.05, 3.63) is 59.9 Å². The third-order valence-corrected chi connectivity index (χ3v) is 3.03. The zero-order chi connectivity index (χ0) is 13.1. The lowest BCUT2D eigenvalue weighted by Gasteiger charge is -2.29. The van der Waals surface area contributed by atoms with Crippen molar-refractivity contribution in [3.8, 4) is 0 Å². The first kappa shape index (κ1) is 11.7. The van der Waals surface area contributed by atoms with E-state index in [4.69, 9.17) is 0 Å². The molecule has 1 aromatic heterocycles. The van der Waals surface area contributed by atoms with E-state index in [9.17, 15) is 4.79 Å². The van der Waals surface area contributed by atoms with Crippen LogP contribution in [0.2, 0.25) is 0 Å². The number of urea groups is 1. The maximum atomic E-state index is 11.9. The van der Waals surface area contributed by atoms with Crippen LogP contribution in [0.5, 0.6) is 0 Å². The van der Waals surface area contributed by atoms with Crippen molar-refractivity contribution in [3.63, 3.8) is 0 Å². The lowest BCUT2D eigenvalue weighted by atomic mass is 10.1. The molecule has 1 aromatic carbocycles. The number of carbonyl (C=O) groups excluding carboxylic acids is 1. The molecule has 2 N–H and O–H groups in total. The van der Waals surface area contributed by atoms with Gasteiger partial charge in [-0.25, -0.2) is 10.2 Å². The highest BCUT2D eigenvalue weighted by molar-refractivity contribution is 5.91. The fourth-order valence-electron chi connectivity index (χ4n) is 2.02. The molecular formula is C14H14N4O. The number of aromatic nitrogens is 1. The number of carbonyl (C=O) groups is 1. The summed E-state index contributed by atoms with van der Waals surface area (Å²) in [6, 6.07) is 11.5. The fraction of sp³-hybridized carbons (Fsp3) is 0.143. The molecule has 5 nitrogen and oxygen atoms in total. The molecule has 0 fully saturated rings. The van der Waals surface area contributed by atoms with Gasteiger partial charge in [0, 0.05) is 24.6 Å². The Morgan fingerprint density at radius 2 is 2.16 bits per heavy atom. The van der Waals surface area contributed by atoms with Crippen LogP contribution >= 0.6 is 0 Å². The minimum Gasteiger partial charge on any atom is -0.306 e. The summed E-state index contributed by atoms with van der Waals surface area (Å²) in [6.07, 6.45) is 3.51. The largest absolute Gasteiger partial charge is 0.336 e. The van der Waals surface area contributed by atoms with E-state index in [0.717, 1.165) is 16.8 Å². The van der Waals surface area contributed by atoms with Gasteiger partial charge in [-0.1, -0.05) is 24.3 Å². The number of hydrogen-bond donors (Lipinski definition) is 2. The molecule has 1 aliphatic rings. The molecule has 0 atom stereocenters. The van der Waals surface area contributed by atoms with E-state index in [1.54, 1.807) is 17.4 Å². The molecule has 0 unspecified atom stereocenters. The van der Waals surface area contributed by atoms with Crippen molar-refractivity contribution < 1.29 is 4.79 Å². The molecule has 2 heterocycles. The number of nitrogens with zero attached hydrogens (tertiary/aromatic N) is 2. The first-order chi connectivity index (χ1) is 9.33. The maximum Gasteiger partial charge on any atom is 0.336 e. The topological polar surface area (TPSA) is 57.3 Å². The van der Waals surface area contributed by atoms with Crippen LogP contribution in [0.4, 0.5) is 10.5 Å². The van der Waals surface area contributed by atoms with E-state index in [0.29, 0.717) is 13.1 Å². The summed E-state index contributed by atoms with van der Waals surface area (Å²) in [6.45, 7) is 1.13. The number of nitrogens with one attached hydrogen (secondary N) is 2. The molecule has 0 saturated heterocycles. The summed E-state index contributed by atoms with van der Waals surface area (Å²) < 4.78 is 0. The van der Waals surface area contributed by atoms with Gasteiger partial charge >= 0.3 is 6.03 Å². The van der Waals surface area contributed by atoms with Crippen molar-refractivity contribution in [1.82, 2.24) is 15.4 Å². The first-order valence-corrected chi connectivity index (χ1v) is 6.12. The molecule has 3 rings (SSSR count). The molecule has 19 heavy (non-hydrogen) atoms. The second-order valence-electron chi connectivity index (χ2n) is 4.37. The number of hydrazine groups is 1. The highest BCUT2D eigenvalue weighted by atomic mass is 16.2. The van der Waals surface area contributed by atoms with Crippen LogP contribution in [0.3, 0.4) is 0 Å². The second kappa shape index (κ2) is 5.07. The van der Waals surface area contributed by atoms with Gasteiger partial charge in [0.1, 0.15) is 0 Å². The van der Waals surface area contributed by atoms with Crippen molar-refractivity contribution in [2.45, 2.75) is 13.1 Å². The van der Waals surface area contributed by atoms with Gasteiger partial charge in [-0.3, -0.25) is 9.99 Å². The van der Waals surface area contributed by atoms with E-state index in [1.165, 1.54) is 0 Å². The number of fused-ring (bicyclic) bond motifs is 1. The lowest BCUT2D eigenvalue weighted by Crippen LogP contribution is -2.47. The number of anilines is 1. The fourth-order valence-corrected chi connectivity index (χ4v) is 2.02. The Bertz CT molecular complexity index is 585. The van der Waals surface area contributed by atoms with E-state index in [-0.39, 0.29) is 6.03 Å². The Balaban J connectivity index is 1.68. The van der Waals surface area contributed by atoms with Crippen molar-refractivity contribution in [2.75, 3.05) is 5.32 Å². The molecule has 0 saturated carbocycles. The van der Waals surface area contributed by atoms with Gasteiger partial charge in [0.15, 0.2) is 0 Å². The van der Waals surface area contributed by atoms with Crippen molar-refractivity contribution >= 4 is 11.7 Å². The predicted molar refractivity (Wildman–Crippen MR) is 72.1 cm³/mol. The van der Waals surface area contributed by atoms with Crippen LogP contribution in [0, 0.1) is 0 Å². The number of benzene rings is 1. The Morgan fingerprint density at radius 1 is 1.26 bits per heavy atom. The van der Waals surface area contributed by atoms with E-state index < -0.39 is 0 Å². The quantitative estimate of drug-likeness (QED) is 0.882. The molecule has 2 amide bonds. The average molecular weight is 254 g/mol. The summed E-state index contributed by atoms with van der Waals surface area (Å²) >= 11 is 0. The molecular weight excluding hydrogens is 240 g/mol. The summed E-state index contributed by atoms with van der Waals surface area (Å²) in [7, 11) is 0. The molecule has 0 spiro atoms. The van der Waals surface area contributed by atoms with Crippen LogP contribution in [0.25, 0.3) is 0 Å². The molecule has 0 bridgehead atoms. The smallest absolute Gasteiger partial charge is 0.306 e. The Kier molecular flexibility index (Phi) is 3.12. The third kappa shape index (κ3) is 2.56. The number of pyridine rings is 1. The SMILES string of the molecule is O=C1Nc2ccccc2CN1NCc1cccnc1. The summed E-state index contributed by atoms with van der Waals surface area (Å²) in [4.78, 5) is 16.0. The summed E-state index contributed by atoms with van der Waals surface area (Å²) in [5, 5.41) is 4.43. The second-order valence-corrected chi connectivity index (χ2v) is 4.37. The van der Waals surface area contributed by atoms with Crippen LogP contribution in [0.15, 0.2) is 48.8 Å². The molecule has 5 heteroatoms. The van der Waals surface area contributed by atoms with Crippen LogP contribution in [-0.2, 0) is 13.1 Å². The lowest BCUT2D eigenvalue weighted by molar-refractivity contribution is 0.174. The Morgan fingerprint density at radius 3 is 3.00 bits per heavy atom. The normalized spacial score (nSPS) is 13.9. The zero-order valence-corrected chi connectivity index (χ0v) is 10.3. The van der Waals surface area contributed by atoms with Gasteiger partial charge in [-0.05, 0) is 23.3 Å². The standard InChI is InChI=1S/C14H14N4O/c19-14-17-13-6-2-1-5-12(13)10-18(14)16-9-11-4-3-7-15-8-11/h1-8,16H,9-10H2,(H,17,19). The van der Waals surface area contributed by atoms with E-state index in [1.807, 2.05) is 36.4 Å². The minimum absolute atomic E-state index is 0.136. The Hall–Kier alpha value is -2.40. The maximum absolute atomic E-state index is 11.9. The number of amides is 2. The number of rotatable bonds is 3. The molecule has 1 aliphatic heterocycles. The molecule has 2 aromatic rings. The van der Waals surface area contributed by atoms with Crippen LogP contribution in [0.1, 0.15) is 11.1 Å². The highest BCUT2D eigenvalue weighted by Crippen LogP contribution is 2.21. The molecule has 0 radical (unpaired) electrons. The van der Waals surface area contributed by atoms with Crippen LogP contribution < -0.4 is 10.7 Å². The highest BCUT2D eigenvalue weighted by Gasteiger charge is 2.21. The predicted octanol–water partition coefficient (Wildman–Crippen LogP) is 2.13. The van der Waals surface area contributed by atoms with Gasteiger partial charge in [0.05, 0.1) is 6.54 Å². The monoisotopic (exact) mass is 254 g/mol. The van der Waals surface area contributed by atoms with Crippen LogP contribution in [-0.4, -0.2) is 16.0 Å². The molecule has 0 aliphatic carbocycles. The van der Waals surface area contributed by atoms with Crippen molar-refractivity contribution in [1.29, 1.82) is 0 Å². The van der Waals surface area contributed by atoms with Gasteiger partial charge in [0.2, 0.25) is 0 Å². The number of hydrogen-bond acceptors (Lipinski definition) is 3. The van der Waals surface area contributed by atoms with Gasteiger partial charge in [-0.15, -0.1) is 0 Å². The van der Waals surface area contributed by atoms with E-state index >= 15 is 0 Å². The van der Waals surface area contributed by atoms with Crippen molar-refractivity contribution in [2.24, 2.45) is 0 Å². The average Bonchev–Trinajstić information content (AvgIpc) is 2.46. The minimum atomic E-state index is -0.136. The summed E-state index contributed by atoms with van der Waals surface area (Å²) in [5.41, 5.74) is 6.13. The molecule has 96 valence electrons. The zero-order valence-electron chi connectivity index (χ0n) is 10.3. The summed E-state index contributed by atoms with van der Waals surface area (Å²) in [5.74, 6) is 0. The Labute approximate surface area is 111 Å². The first-order valence-electron chi connectivity index (χ1n) is 6.12. The number of para-hydroxylation sites is 1. The van der Waals surface area contributed by atoms with Gasteiger partial charge < -0.3 is 5.32 Å². The van der Waals surface area contributed by atoms with Gasteiger partial charge in [-0.2, -0.15) is 0 Å². The van der Waals surface area contributed by atoms with E-state index in [2.05, 4.69) is 15.7 Å². The van der Waals surface area contributed by atoms with Gasteiger partial charge in [0.25, 0.3) is 0 Å². The third-order valence-electron chi connectivity index (χ3n) is 3.03.